The third kappa shape index (κ3) is 62.0. The number of amides is 1. The second kappa shape index (κ2) is 61.5. The summed E-state index contributed by atoms with van der Waals surface area (Å²) in [4.78, 5) is 37.8. The molecular formula is C72H134N2O7P+. The van der Waals surface area contributed by atoms with Crippen molar-refractivity contribution in [1.82, 2.24) is 5.32 Å². The zero-order valence-corrected chi connectivity index (χ0v) is 55.6. The number of phosphoric ester groups is 1. The van der Waals surface area contributed by atoms with E-state index in [1.165, 1.54) is 218 Å². The maximum atomic E-state index is 13.5. The number of hydrogen-bond acceptors (Lipinski definition) is 6. The summed E-state index contributed by atoms with van der Waals surface area (Å²) in [6, 6.07) is -0.878. The molecule has 0 aliphatic heterocycles. The number of allylic oxidation sites excluding steroid dienone is 11. The van der Waals surface area contributed by atoms with Crippen molar-refractivity contribution in [2.24, 2.45) is 0 Å². The van der Waals surface area contributed by atoms with Crippen LogP contribution in [0, 0.1) is 0 Å². The normalized spacial score (nSPS) is 14.0. The lowest BCUT2D eigenvalue weighted by Crippen LogP contribution is -2.47. The van der Waals surface area contributed by atoms with E-state index in [1.54, 1.807) is 0 Å². The first-order valence-electron chi connectivity index (χ1n) is 34.8. The van der Waals surface area contributed by atoms with Crippen LogP contribution in [0.2, 0.25) is 0 Å². The van der Waals surface area contributed by atoms with Gasteiger partial charge in [-0.15, -0.1) is 0 Å². The number of carbonyl (C=O) groups is 2. The van der Waals surface area contributed by atoms with Crippen LogP contribution in [-0.4, -0.2) is 74.3 Å². The first kappa shape index (κ1) is 79.5. The molecule has 82 heavy (non-hydrogen) atoms. The molecule has 0 saturated carbocycles. The van der Waals surface area contributed by atoms with Crippen molar-refractivity contribution in [2.75, 3.05) is 40.9 Å². The van der Waals surface area contributed by atoms with Crippen LogP contribution in [0.5, 0.6) is 0 Å². The fourth-order valence-corrected chi connectivity index (χ4v) is 10.7. The lowest BCUT2D eigenvalue weighted by atomic mass is 10.0. The minimum Gasteiger partial charge on any atom is -0.456 e. The summed E-state index contributed by atoms with van der Waals surface area (Å²) in [5, 5.41) is 3.03. The predicted octanol–water partition coefficient (Wildman–Crippen LogP) is 22.0. The standard InChI is InChI=1S/C72H133N2O7P/c1-7-10-13-16-19-22-25-28-30-32-33-34-35-36-37-38-39-40-41-43-45-47-50-53-56-59-62-65-72(76)81-70(63-60-57-54-51-48-27-24-21-18-15-12-9-3)69(68-80-82(77,78)79-67-66-74(4,5)6)73-71(75)64-61-58-55-52-49-46-44-42-31-29-26-23-20-17-14-11-8-2/h20,23,28-31,44,46,52,55,60,63,69-70H,7-19,21-22,24-27,32-43,45,47-51,53-54,56-59,61-62,64-68H2,1-6H3,(H-,73,75,77,78)/p+1/b23-20-,30-28+,31-29-,46-44-,55-52-,63-60-. The molecule has 3 unspecified atom stereocenters. The number of unbranched alkanes of at least 4 members (excludes halogenated alkanes) is 37. The van der Waals surface area contributed by atoms with Crippen LogP contribution in [0.3, 0.4) is 0 Å². The molecule has 10 heteroatoms. The van der Waals surface area contributed by atoms with E-state index < -0.39 is 20.0 Å². The Morgan fingerprint density at radius 1 is 0.427 bits per heavy atom. The van der Waals surface area contributed by atoms with E-state index in [0.29, 0.717) is 17.4 Å². The molecule has 478 valence electrons. The topological polar surface area (TPSA) is 111 Å². The van der Waals surface area contributed by atoms with E-state index >= 15 is 0 Å². The fourth-order valence-electron chi connectivity index (χ4n) is 9.99. The fraction of sp³-hybridized carbons (Fsp3) is 0.806. The van der Waals surface area contributed by atoms with Crippen LogP contribution in [0.4, 0.5) is 0 Å². The molecular weight excluding hydrogens is 1040 g/mol. The Hall–Kier alpha value is -2.55. The van der Waals surface area contributed by atoms with Crippen molar-refractivity contribution in [2.45, 2.75) is 335 Å². The van der Waals surface area contributed by atoms with Gasteiger partial charge in [0.1, 0.15) is 19.3 Å². The third-order valence-electron chi connectivity index (χ3n) is 15.4. The maximum absolute atomic E-state index is 13.5. The largest absolute Gasteiger partial charge is 0.472 e. The maximum Gasteiger partial charge on any atom is 0.472 e. The van der Waals surface area contributed by atoms with Gasteiger partial charge in [-0.3, -0.25) is 18.6 Å². The van der Waals surface area contributed by atoms with Gasteiger partial charge in [-0.1, -0.05) is 287 Å². The number of esters is 1. The average molecular weight is 1170 g/mol. The monoisotopic (exact) mass is 1170 g/mol. The lowest BCUT2D eigenvalue weighted by molar-refractivity contribution is -0.870. The van der Waals surface area contributed by atoms with Gasteiger partial charge in [0, 0.05) is 12.8 Å². The van der Waals surface area contributed by atoms with Crippen LogP contribution >= 0.6 is 7.82 Å². The van der Waals surface area contributed by atoms with Crippen molar-refractivity contribution < 1.29 is 37.3 Å². The second-order valence-electron chi connectivity index (χ2n) is 24.7. The molecule has 9 nitrogen and oxygen atoms in total. The van der Waals surface area contributed by atoms with Gasteiger partial charge >= 0.3 is 13.8 Å². The Bertz CT molecular complexity index is 1630. The third-order valence-corrected chi connectivity index (χ3v) is 16.4. The van der Waals surface area contributed by atoms with Crippen LogP contribution in [-0.2, 0) is 27.9 Å². The number of likely N-dealkylation sites (N-methyl/N-ethyl adjacent to an activating group) is 1. The number of quaternary nitrogens is 1. The summed E-state index contributed by atoms with van der Waals surface area (Å²) in [7, 11) is 1.47. The molecule has 0 aliphatic rings. The SMILES string of the molecule is CCCCC/C=C\C/C=C\C/C=C\C/C=C\CCCC(=O)NC(COP(=O)(O)OCC[N+](C)(C)C)C(/C=C\CCCCCCCCCCCC)OC(=O)CCCCCCCCCCCCCCCCCCC/C=C/CCCCCCCC. The summed E-state index contributed by atoms with van der Waals surface area (Å²) < 4.78 is 30.7. The highest BCUT2D eigenvalue weighted by molar-refractivity contribution is 7.47. The van der Waals surface area contributed by atoms with E-state index in [4.69, 9.17) is 13.8 Å². The molecule has 0 radical (unpaired) electrons. The first-order valence-corrected chi connectivity index (χ1v) is 36.3. The van der Waals surface area contributed by atoms with E-state index in [0.717, 1.165) is 64.2 Å². The number of nitrogens with zero attached hydrogens (tertiary/aromatic N) is 1. The average Bonchev–Trinajstić information content (AvgIpc) is 3.44. The van der Waals surface area contributed by atoms with E-state index in [2.05, 4.69) is 86.8 Å². The van der Waals surface area contributed by atoms with E-state index in [-0.39, 0.29) is 37.9 Å². The molecule has 3 atom stereocenters. The van der Waals surface area contributed by atoms with Crippen LogP contribution in [0.15, 0.2) is 72.9 Å². The highest BCUT2D eigenvalue weighted by atomic mass is 31.2. The number of ether oxygens (including phenoxy) is 1. The van der Waals surface area contributed by atoms with Crippen LogP contribution < -0.4 is 5.32 Å². The van der Waals surface area contributed by atoms with Gasteiger partial charge in [-0.05, 0) is 96.0 Å². The van der Waals surface area contributed by atoms with Crippen LogP contribution in [0.1, 0.15) is 323 Å². The van der Waals surface area contributed by atoms with Crippen molar-refractivity contribution in [3.8, 4) is 0 Å². The smallest absolute Gasteiger partial charge is 0.456 e. The van der Waals surface area contributed by atoms with Crippen LogP contribution in [0.25, 0.3) is 0 Å². The molecule has 0 rings (SSSR count). The van der Waals surface area contributed by atoms with E-state index in [1.807, 2.05) is 33.3 Å². The lowest BCUT2D eigenvalue weighted by Gasteiger charge is -2.27. The first-order chi connectivity index (χ1) is 39.9. The van der Waals surface area contributed by atoms with Crippen molar-refractivity contribution in [1.29, 1.82) is 0 Å². The van der Waals surface area contributed by atoms with Crippen molar-refractivity contribution >= 4 is 19.7 Å². The Morgan fingerprint density at radius 3 is 1.17 bits per heavy atom. The summed E-state index contributed by atoms with van der Waals surface area (Å²) in [6.45, 7) is 6.96. The van der Waals surface area contributed by atoms with Gasteiger partial charge in [0.05, 0.1) is 33.8 Å². The molecule has 2 N–H and O–H groups in total. The highest BCUT2D eigenvalue weighted by Crippen LogP contribution is 2.43. The van der Waals surface area contributed by atoms with Gasteiger partial charge < -0.3 is 19.4 Å². The van der Waals surface area contributed by atoms with Crippen molar-refractivity contribution in [3.05, 3.63) is 72.9 Å². The minimum atomic E-state index is -4.47. The van der Waals surface area contributed by atoms with Gasteiger partial charge in [0.2, 0.25) is 5.91 Å². The number of nitrogens with one attached hydrogen (secondary N) is 1. The van der Waals surface area contributed by atoms with Gasteiger partial charge in [-0.2, -0.15) is 0 Å². The molecule has 0 aliphatic carbocycles. The molecule has 0 heterocycles. The number of hydrogen-bond donors (Lipinski definition) is 2. The summed E-state index contributed by atoms with van der Waals surface area (Å²) in [5.41, 5.74) is 0. The molecule has 0 fully saturated rings. The van der Waals surface area contributed by atoms with Gasteiger partial charge in [-0.25, -0.2) is 4.57 Å². The molecule has 0 aromatic rings. The molecule has 1 amide bonds. The summed E-state index contributed by atoms with van der Waals surface area (Å²) >= 11 is 0. The molecule has 0 saturated heterocycles. The highest BCUT2D eigenvalue weighted by Gasteiger charge is 2.30. The van der Waals surface area contributed by atoms with Crippen molar-refractivity contribution in [3.63, 3.8) is 0 Å². The summed E-state index contributed by atoms with van der Waals surface area (Å²) in [6.07, 6.45) is 80.8. The zero-order chi connectivity index (χ0) is 60.0. The molecule has 0 spiro atoms. The Balaban J connectivity index is 5.07. The molecule has 0 aromatic carbocycles. The number of rotatable bonds is 63. The summed E-state index contributed by atoms with van der Waals surface area (Å²) in [5.74, 6) is -0.562. The van der Waals surface area contributed by atoms with Gasteiger partial charge in [0.25, 0.3) is 0 Å². The molecule has 0 aromatic heterocycles. The van der Waals surface area contributed by atoms with E-state index in [9.17, 15) is 19.0 Å². The zero-order valence-electron chi connectivity index (χ0n) is 54.7. The Morgan fingerprint density at radius 2 is 0.756 bits per heavy atom. The number of carbonyl (C=O) groups excluding carboxylic acids is 2. The Kier molecular flexibility index (Phi) is 59.6. The molecule has 0 bridgehead atoms. The Labute approximate surface area is 508 Å². The quantitative estimate of drug-likeness (QED) is 0.0205. The minimum absolute atomic E-state index is 0.0292. The second-order valence-corrected chi connectivity index (χ2v) is 26.1. The number of phosphoric acid groups is 1. The predicted molar refractivity (Wildman–Crippen MR) is 355 cm³/mol. The van der Waals surface area contributed by atoms with Gasteiger partial charge in [0.15, 0.2) is 0 Å².